The first-order chi connectivity index (χ1) is 15.0. The maximum absolute atomic E-state index is 12.7. The van der Waals surface area contributed by atoms with Crippen LogP contribution in [0.5, 0.6) is 0 Å². The standard InChI is InChI=1S/C23H17ClN4O3/c24-18-11-12-21(28(30)31)20(13-18)23(29)25-14-17-15-27(19-9-5-2-6-10-19)26-22(17)16-7-3-1-4-8-16/h1-13,15H,14H2,(H,25,29). The van der Waals surface area contributed by atoms with E-state index in [9.17, 15) is 14.9 Å². The lowest BCUT2D eigenvalue weighted by Crippen LogP contribution is -2.23. The summed E-state index contributed by atoms with van der Waals surface area (Å²) in [6.45, 7) is 0.138. The number of carbonyl (C=O) groups excluding carboxylic acids is 1. The Morgan fingerprint density at radius 3 is 2.39 bits per heavy atom. The van der Waals surface area contributed by atoms with Crippen molar-refractivity contribution in [3.05, 3.63) is 111 Å². The number of rotatable bonds is 6. The molecule has 4 rings (SSSR count). The normalized spacial score (nSPS) is 10.6. The van der Waals surface area contributed by atoms with Gasteiger partial charge in [0, 0.05) is 35.0 Å². The quantitative estimate of drug-likeness (QED) is 0.341. The fourth-order valence-corrected chi connectivity index (χ4v) is 3.38. The lowest BCUT2D eigenvalue weighted by atomic mass is 10.1. The molecular formula is C23H17ClN4O3. The molecule has 0 spiro atoms. The third-order valence-corrected chi connectivity index (χ3v) is 4.93. The van der Waals surface area contributed by atoms with Crippen LogP contribution in [-0.2, 0) is 6.54 Å². The molecule has 1 aromatic heterocycles. The van der Waals surface area contributed by atoms with E-state index in [4.69, 9.17) is 16.7 Å². The van der Waals surface area contributed by atoms with Gasteiger partial charge in [-0.15, -0.1) is 0 Å². The Hall–Kier alpha value is -3.97. The molecule has 0 aliphatic heterocycles. The smallest absolute Gasteiger partial charge is 0.282 e. The number of para-hydroxylation sites is 1. The number of aromatic nitrogens is 2. The summed E-state index contributed by atoms with van der Waals surface area (Å²) in [7, 11) is 0. The average Bonchev–Trinajstić information content (AvgIpc) is 3.22. The second-order valence-electron chi connectivity index (χ2n) is 6.75. The molecule has 0 radical (unpaired) electrons. The third kappa shape index (κ3) is 4.46. The zero-order valence-corrected chi connectivity index (χ0v) is 17.0. The van der Waals surface area contributed by atoms with Gasteiger partial charge in [-0.2, -0.15) is 5.10 Å². The molecule has 0 saturated carbocycles. The summed E-state index contributed by atoms with van der Waals surface area (Å²) in [5.74, 6) is -0.583. The zero-order valence-electron chi connectivity index (χ0n) is 16.2. The number of hydrogen-bond acceptors (Lipinski definition) is 4. The molecule has 0 aliphatic rings. The van der Waals surface area contributed by atoms with Crippen molar-refractivity contribution >= 4 is 23.2 Å². The van der Waals surface area contributed by atoms with Crippen LogP contribution in [0.4, 0.5) is 5.69 Å². The number of nitrogens with one attached hydrogen (secondary N) is 1. The Morgan fingerprint density at radius 2 is 1.71 bits per heavy atom. The number of benzene rings is 3. The van der Waals surface area contributed by atoms with Crippen molar-refractivity contribution in [2.24, 2.45) is 0 Å². The van der Waals surface area contributed by atoms with E-state index < -0.39 is 10.8 Å². The molecular weight excluding hydrogens is 416 g/mol. The number of nitro benzene ring substituents is 1. The maximum atomic E-state index is 12.7. The number of amides is 1. The van der Waals surface area contributed by atoms with Crippen molar-refractivity contribution in [1.29, 1.82) is 0 Å². The monoisotopic (exact) mass is 432 g/mol. The average molecular weight is 433 g/mol. The summed E-state index contributed by atoms with van der Waals surface area (Å²) in [4.78, 5) is 23.4. The van der Waals surface area contributed by atoms with Crippen LogP contribution in [0.3, 0.4) is 0 Å². The van der Waals surface area contributed by atoms with Crippen LogP contribution in [0.25, 0.3) is 16.9 Å². The van der Waals surface area contributed by atoms with Crippen LogP contribution in [0.15, 0.2) is 85.1 Å². The third-order valence-electron chi connectivity index (χ3n) is 4.70. The Balaban J connectivity index is 1.65. The van der Waals surface area contributed by atoms with Crippen molar-refractivity contribution in [2.45, 2.75) is 6.54 Å². The summed E-state index contributed by atoms with van der Waals surface area (Å²) in [5.41, 5.74) is 2.87. The fraction of sp³-hybridized carbons (Fsp3) is 0.0435. The van der Waals surface area contributed by atoms with Gasteiger partial charge in [-0.1, -0.05) is 60.1 Å². The molecule has 1 heterocycles. The van der Waals surface area contributed by atoms with Crippen molar-refractivity contribution in [3.63, 3.8) is 0 Å². The number of carbonyl (C=O) groups is 1. The van der Waals surface area contributed by atoms with Gasteiger partial charge < -0.3 is 5.32 Å². The number of hydrogen-bond donors (Lipinski definition) is 1. The number of halogens is 1. The van der Waals surface area contributed by atoms with Crippen LogP contribution in [0.1, 0.15) is 15.9 Å². The molecule has 0 aliphatic carbocycles. The minimum absolute atomic E-state index is 0.0887. The van der Waals surface area contributed by atoms with Gasteiger partial charge in [0.05, 0.1) is 16.3 Å². The zero-order chi connectivity index (χ0) is 21.8. The minimum Gasteiger partial charge on any atom is -0.348 e. The van der Waals surface area contributed by atoms with E-state index in [-0.39, 0.29) is 22.8 Å². The Labute approximate surface area is 183 Å². The van der Waals surface area contributed by atoms with Gasteiger partial charge in [0.25, 0.3) is 11.6 Å². The summed E-state index contributed by atoms with van der Waals surface area (Å²) >= 11 is 5.94. The predicted octanol–water partition coefficient (Wildman–Crippen LogP) is 5.03. The minimum atomic E-state index is -0.603. The molecule has 1 N–H and O–H groups in total. The number of nitrogens with zero attached hydrogens (tertiary/aromatic N) is 3. The molecule has 154 valence electrons. The van der Waals surface area contributed by atoms with Crippen molar-refractivity contribution < 1.29 is 9.72 Å². The molecule has 3 aromatic carbocycles. The molecule has 8 heteroatoms. The second-order valence-corrected chi connectivity index (χ2v) is 7.19. The molecule has 0 unspecified atom stereocenters. The van der Waals surface area contributed by atoms with Crippen LogP contribution in [0.2, 0.25) is 5.02 Å². The SMILES string of the molecule is O=C(NCc1cn(-c2ccccc2)nc1-c1ccccc1)c1cc(Cl)ccc1[N+](=O)[O-]. The summed E-state index contributed by atoms with van der Waals surface area (Å²) in [6.07, 6.45) is 1.84. The summed E-state index contributed by atoms with van der Waals surface area (Å²) in [6, 6.07) is 23.1. The summed E-state index contributed by atoms with van der Waals surface area (Å²) in [5, 5.41) is 19.0. The first-order valence-corrected chi connectivity index (χ1v) is 9.82. The Kier molecular flexibility index (Phi) is 5.77. The lowest BCUT2D eigenvalue weighted by Gasteiger charge is -2.07. The maximum Gasteiger partial charge on any atom is 0.282 e. The van der Waals surface area contributed by atoms with E-state index in [0.29, 0.717) is 5.69 Å². The fourth-order valence-electron chi connectivity index (χ4n) is 3.21. The van der Waals surface area contributed by atoms with Gasteiger partial charge in [-0.05, 0) is 24.3 Å². The van der Waals surface area contributed by atoms with Crippen LogP contribution < -0.4 is 5.32 Å². The molecule has 1 amide bonds. The van der Waals surface area contributed by atoms with E-state index in [1.54, 1.807) is 4.68 Å². The molecule has 0 saturated heterocycles. The van der Waals surface area contributed by atoms with Gasteiger partial charge in [-0.25, -0.2) is 4.68 Å². The first-order valence-electron chi connectivity index (χ1n) is 9.44. The molecule has 4 aromatic rings. The largest absolute Gasteiger partial charge is 0.348 e. The van der Waals surface area contributed by atoms with Gasteiger partial charge in [0.2, 0.25) is 0 Å². The van der Waals surface area contributed by atoms with Gasteiger partial charge in [-0.3, -0.25) is 14.9 Å². The van der Waals surface area contributed by atoms with Crippen molar-refractivity contribution in [3.8, 4) is 16.9 Å². The van der Waals surface area contributed by atoms with Crippen molar-refractivity contribution in [1.82, 2.24) is 15.1 Å². The van der Waals surface area contributed by atoms with Crippen LogP contribution >= 0.6 is 11.6 Å². The lowest BCUT2D eigenvalue weighted by molar-refractivity contribution is -0.385. The van der Waals surface area contributed by atoms with Gasteiger partial charge in [0.1, 0.15) is 5.56 Å². The van der Waals surface area contributed by atoms with E-state index in [2.05, 4.69) is 5.32 Å². The predicted molar refractivity (Wildman–Crippen MR) is 118 cm³/mol. The molecule has 0 atom stereocenters. The highest BCUT2D eigenvalue weighted by atomic mass is 35.5. The molecule has 0 fully saturated rings. The highest BCUT2D eigenvalue weighted by Crippen LogP contribution is 2.25. The van der Waals surface area contributed by atoms with E-state index in [0.717, 1.165) is 16.8 Å². The topological polar surface area (TPSA) is 90.1 Å². The Bertz CT molecular complexity index is 1240. The number of nitro groups is 1. The van der Waals surface area contributed by atoms with E-state index >= 15 is 0 Å². The highest BCUT2D eigenvalue weighted by Gasteiger charge is 2.21. The summed E-state index contributed by atoms with van der Waals surface area (Å²) < 4.78 is 1.74. The first kappa shape index (κ1) is 20.3. The Morgan fingerprint density at radius 1 is 1.03 bits per heavy atom. The second kappa shape index (κ2) is 8.81. The highest BCUT2D eigenvalue weighted by molar-refractivity contribution is 6.31. The van der Waals surface area contributed by atoms with E-state index in [1.165, 1.54) is 18.2 Å². The van der Waals surface area contributed by atoms with Crippen LogP contribution in [0, 0.1) is 10.1 Å². The van der Waals surface area contributed by atoms with Gasteiger partial charge in [0.15, 0.2) is 0 Å². The van der Waals surface area contributed by atoms with Crippen molar-refractivity contribution in [2.75, 3.05) is 0 Å². The van der Waals surface area contributed by atoms with Crippen LogP contribution in [-0.4, -0.2) is 20.6 Å². The molecule has 0 bridgehead atoms. The van der Waals surface area contributed by atoms with E-state index in [1.807, 2.05) is 66.9 Å². The van der Waals surface area contributed by atoms with Gasteiger partial charge >= 0.3 is 0 Å². The molecule has 7 nitrogen and oxygen atoms in total. The molecule has 31 heavy (non-hydrogen) atoms.